The summed E-state index contributed by atoms with van der Waals surface area (Å²) in [5.41, 5.74) is 0. The third kappa shape index (κ3) is 7.08. The van der Waals surface area contributed by atoms with E-state index in [4.69, 9.17) is 25.5 Å². The monoisotopic (exact) mass is 243 g/mol. The molecule has 0 fully saturated rings. The van der Waals surface area contributed by atoms with Crippen molar-refractivity contribution in [1.29, 1.82) is 0 Å². The average molecular weight is 243 g/mol. The van der Waals surface area contributed by atoms with E-state index in [-0.39, 0.29) is 73.6 Å². The zero-order valence-electron chi connectivity index (χ0n) is 7.95. The van der Waals surface area contributed by atoms with Gasteiger partial charge < -0.3 is 30.3 Å². The number of carbonyl (C=O) groups is 1. The summed E-state index contributed by atoms with van der Waals surface area (Å²) in [5.74, 6) is 0. The molecule has 0 unspecified atom stereocenters. The van der Waals surface area contributed by atoms with E-state index in [2.05, 4.69) is 0 Å². The van der Waals surface area contributed by atoms with Crippen LogP contribution in [0.2, 0.25) is 0 Å². The van der Waals surface area contributed by atoms with Gasteiger partial charge in [-0.15, -0.1) is 0 Å². The van der Waals surface area contributed by atoms with Crippen molar-refractivity contribution in [2.45, 2.75) is 24.4 Å². The fourth-order valence-electron chi connectivity index (χ4n) is 0.618. The van der Waals surface area contributed by atoms with Gasteiger partial charge in [-0.2, -0.15) is 0 Å². The predicted molar refractivity (Wildman–Crippen MR) is 48.7 cm³/mol. The number of rotatable bonds is 5. The van der Waals surface area contributed by atoms with Gasteiger partial charge in [-0.25, -0.2) is 0 Å². The molecule has 3 radical (unpaired) electrons. The Kier molecular flexibility index (Phi) is 16.9. The molecule has 0 heterocycles. The second kappa shape index (κ2) is 11.2. The van der Waals surface area contributed by atoms with E-state index in [0.717, 1.165) is 0 Å². The number of aliphatic hydroxyl groups excluding tert-OH is 5. The topological polar surface area (TPSA) is 118 Å². The van der Waals surface area contributed by atoms with Gasteiger partial charge in [-0.1, -0.05) is 0 Å². The third-order valence-corrected chi connectivity index (χ3v) is 1.42. The van der Waals surface area contributed by atoms with Crippen LogP contribution in [-0.4, -0.2) is 130 Å². The zero-order valence-corrected chi connectivity index (χ0v) is 12.2. The molecule has 0 aromatic rings. The van der Waals surface area contributed by atoms with Crippen molar-refractivity contribution in [2.24, 2.45) is 0 Å². The van der Waals surface area contributed by atoms with Crippen molar-refractivity contribution in [1.82, 2.24) is 0 Å². The zero-order chi connectivity index (χ0) is 9.72. The van der Waals surface area contributed by atoms with Gasteiger partial charge in [0.05, 0.1) is 6.61 Å². The Bertz CT molecular complexity index is 148. The van der Waals surface area contributed by atoms with Gasteiger partial charge in [0.1, 0.15) is 24.4 Å². The maximum atomic E-state index is 9.90. The number of hydrogen-bond donors (Lipinski definition) is 5. The minimum Gasteiger partial charge on any atom is -0.394 e. The molecule has 0 saturated heterocycles. The molecule has 0 amide bonds. The van der Waals surface area contributed by atoms with Crippen LogP contribution in [-0.2, 0) is 4.79 Å². The summed E-state index contributed by atoms with van der Waals surface area (Å²) >= 11 is 0. The second-order valence-corrected chi connectivity index (χ2v) is 2.36. The van der Waals surface area contributed by atoms with Gasteiger partial charge in [0.25, 0.3) is 0 Å². The first kappa shape index (κ1) is 21.1. The minimum atomic E-state index is -1.79. The quantitative estimate of drug-likeness (QED) is 0.247. The summed E-state index contributed by atoms with van der Waals surface area (Å²) in [6.45, 7) is -0.760. The minimum absolute atomic E-state index is 0. The maximum absolute atomic E-state index is 9.90. The molecule has 0 spiro atoms. The van der Waals surface area contributed by atoms with Crippen LogP contribution in [0.25, 0.3) is 0 Å². The van der Waals surface area contributed by atoms with Gasteiger partial charge in [0, 0.05) is 67.3 Å². The first-order chi connectivity index (χ1) is 5.54. The first-order valence-electron chi connectivity index (χ1n) is 3.33. The van der Waals surface area contributed by atoms with Gasteiger partial charge >= 0.3 is 0 Å². The van der Waals surface area contributed by atoms with Crippen LogP contribution < -0.4 is 0 Å². The van der Waals surface area contributed by atoms with E-state index in [0.29, 0.717) is 0 Å². The van der Waals surface area contributed by atoms with Crippen molar-refractivity contribution in [3.05, 3.63) is 0 Å². The Morgan fingerprint density at radius 3 is 1.79 bits per heavy atom. The number of aliphatic hydroxyl groups is 5. The number of aldehydes is 1. The second-order valence-electron chi connectivity index (χ2n) is 2.36. The molecular formula is C6H12CaNaO6. The first-order valence-corrected chi connectivity index (χ1v) is 3.33. The summed E-state index contributed by atoms with van der Waals surface area (Å²) in [7, 11) is 0. The van der Waals surface area contributed by atoms with Crippen LogP contribution in [0, 0.1) is 0 Å². The standard InChI is InChI=1S/C6H12O6.Ca.Na/c7-1-3(9)5(11)6(12)4(10)2-8;;/h1,3-6,8-12H,2H2;;/t3-,4+,5+,6+;;/m0../s1. The van der Waals surface area contributed by atoms with Crippen molar-refractivity contribution < 1.29 is 30.3 Å². The van der Waals surface area contributed by atoms with E-state index in [1.165, 1.54) is 0 Å². The Balaban J connectivity index is -0.000000605. The predicted octanol–water partition coefficient (Wildman–Crippen LogP) is -4.14. The summed E-state index contributed by atoms with van der Waals surface area (Å²) in [5, 5.41) is 43.5. The van der Waals surface area contributed by atoms with E-state index in [1.54, 1.807) is 0 Å². The van der Waals surface area contributed by atoms with Crippen molar-refractivity contribution in [3.8, 4) is 0 Å². The van der Waals surface area contributed by atoms with E-state index >= 15 is 0 Å². The molecule has 6 nitrogen and oxygen atoms in total. The number of carbonyl (C=O) groups excluding carboxylic acids is 1. The van der Waals surface area contributed by atoms with Crippen molar-refractivity contribution in [2.75, 3.05) is 6.61 Å². The molecule has 0 bridgehead atoms. The summed E-state index contributed by atoms with van der Waals surface area (Å²) < 4.78 is 0. The third-order valence-electron chi connectivity index (χ3n) is 1.42. The van der Waals surface area contributed by atoms with Crippen LogP contribution in [0.4, 0.5) is 0 Å². The molecule has 14 heavy (non-hydrogen) atoms. The Hall–Kier alpha value is 1.73. The maximum Gasteiger partial charge on any atom is 0.151 e. The van der Waals surface area contributed by atoms with E-state index in [9.17, 15) is 4.79 Å². The van der Waals surface area contributed by atoms with Crippen molar-refractivity contribution in [3.63, 3.8) is 0 Å². The molecule has 0 aliphatic carbocycles. The molecule has 0 saturated carbocycles. The Labute approximate surface area is 133 Å². The molecule has 0 aromatic carbocycles. The fraction of sp³-hybridized carbons (Fsp3) is 0.833. The molecule has 0 aliphatic heterocycles. The van der Waals surface area contributed by atoms with Gasteiger partial charge in [-0.05, 0) is 0 Å². The van der Waals surface area contributed by atoms with Gasteiger partial charge in [-0.3, -0.25) is 0 Å². The normalized spacial score (nSPS) is 18.1. The van der Waals surface area contributed by atoms with E-state index < -0.39 is 31.0 Å². The van der Waals surface area contributed by atoms with Crippen LogP contribution in [0.1, 0.15) is 0 Å². The average Bonchev–Trinajstić information content (AvgIpc) is 2.12. The van der Waals surface area contributed by atoms with Crippen LogP contribution in [0.3, 0.4) is 0 Å². The molecule has 0 rings (SSSR count). The molecule has 4 atom stereocenters. The summed E-state index contributed by atoms with van der Waals surface area (Å²) in [4.78, 5) is 9.90. The van der Waals surface area contributed by atoms with E-state index in [1.807, 2.05) is 0 Å². The summed E-state index contributed by atoms with van der Waals surface area (Å²) in [6, 6.07) is 0. The molecule has 75 valence electrons. The smallest absolute Gasteiger partial charge is 0.151 e. The Morgan fingerprint density at radius 1 is 1.07 bits per heavy atom. The Morgan fingerprint density at radius 2 is 1.50 bits per heavy atom. The van der Waals surface area contributed by atoms with Crippen LogP contribution in [0.15, 0.2) is 0 Å². The van der Waals surface area contributed by atoms with Gasteiger partial charge in [0.15, 0.2) is 6.29 Å². The summed E-state index contributed by atoms with van der Waals surface area (Å²) in [6.07, 6.45) is -6.84. The van der Waals surface area contributed by atoms with Crippen molar-refractivity contribution >= 4 is 73.6 Å². The molecule has 5 N–H and O–H groups in total. The molecule has 0 aliphatic rings. The SMILES string of the molecule is O=C[C@H](O)[C@@H](O)[C@H](O)[C@H](O)CO.[Ca].[Na]. The molecule has 8 heteroatoms. The largest absolute Gasteiger partial charge is 0.394 e. The fourth-order valence-corrected chi connectivity index (χ4v) is 0.618. The van der Waals surface area contributed by atoms with Crippen LogP contribution in [0.5, 0.6) is 0 Å². The van der Waals surface area contributed by atoms with Crippen LogP contribution >= 0.6 is 0 Å². The number of hydrogen-bond acceptors (Lipinski definition) is 6. The van der Waals surface area contributed by atoms with Gasteiger partial charge in [0.2, 0.25) is 0 Å². The molecular weight excluding hydrogens is 231 g/mol. The molecule has 0 aromatic heterocycles.